The second kappa shape index (κ2) is 63.3. The summed E-state index contributed by atoms with van der Waals surface area (Å²) in [4.78, 5) is 72.6. The molecule has 0 aliphatic rings. The molecule has 542 valence electrons. The number of hydrogen-bond donors (Lipinski definition) is 3. The molecule has 0 spiro atoms. The molecule has 0 aromatic heterocycles. The fraction of sp³-hybridized carbons (Fsp3) is 0.890. The van der Waals surface area contributed by atoms with Crippen LogP contribution in [0.15, 0.2) is 24.3 Å². The molecule has 0 aromatic carbocycles. The highest BCUT2D eigenvalue weighted by molar-refractivity contribution is 7.47. The van der Waals surface area contributed by atoms with E-state index in [-0.39, 0.29) is 25.7 Å². The quantitative estimate of drug-likeness (QED) is 0.0169. The van der Waals surface area contributed by atoms with Gasteiger partial charge in [-0.25, -0.2) is 9.13 Å². The van der Waals surface area contributed by atoms with Crippen LogP contribution in [0.1, 0.15) is 344 Å². The maximum atomic E-state index is 13.1. The monoisotopic (exact) mass is 1350 g/mol. The molecule has 0 saturated carbocycles. The van der Waals surface area contributed by atoms with Crippen LogP contribution in [0.3, 0.4) is 0 Å². The number of carbonyl (C=O) groups excluding carboxylic acids is 4. The van der Waals surface area contributed by atoms with Gasteiger partial charge in [-0.2, -0.15) is 0 Å². The Balaban J connectivity index is 5.27. The van der Waals surface area contributed by atoms with Crippen LogP contribution in [0.5, 0.6) is 0 Å². The molecule has 3 N–H and O–H groups in total. The van der Waals surface area contributed by atoms with Crippen LogP contribution in [-0.4, -0.2) is 96.7 Å². The number of phosphoric ester groups is 2. The Labute approximate surface area is 561 Å². The lowest BCUT2D eigenvalue weighted by Crippen LogP contribution is -2.30. The molecule has 7 atom stereocenters. The van der Waals surface area contributed by atoms with E-state index in [4.69, 9.17) is 37.0 Å². The number of allylic oxidation sites excluding steroid dienone is 4. The fourth-order valence-electron chi connectivity index (χ4n) is 10.5. The number of aliphatic hydroxyl groups is 1. The normalized spacial score (nSPS) is 14.9. The minimum atomic E-state index is -4.96. The maximum absolute atomic E-state index is 13.1. The van der Waals surface area contributed by atoms with Crippen molar-refractivity contribution in [1.82, 2.24) is 0 Å². The van der Waals surface area contributed by atoms with Gasteiger partial charge in [-0.15, -0.1) is 0 Å². The van der Waals surface area contributed by atoms with Crippen LogP contribution in [-0.2, 0) is 65.4 Å². The van der Waals surface area contributed by atoms with E-state index in [9.17, 15) is 43.2 Å². The zero-order valence-corrected chi connectivity index (χ0v) is 61.3. The zero-order chi connectivity index (χ0) is 68.0. The fourth-order valence-corrected chi connectivity index (χ4v) is 12.0. The number of aliphatic hydroxyl groups excluding tert-OH is 1. The van der Waals surface area contributed by atoms with E-state index in [0.717, 1.165) is 127 Å². The zero-order valence-electron chi connectivity index (χ0n) is 59.5. The van der Waals surface area contributed by atoms with Crippen LogP contribution in [0.2, 0.25) is 0 Å². The summed E-state index contributed by atoms with van der Waals surface area (Å²) in [6.45, 7) is 11.7. The van der Waals surface area contributed by atoms with E-state index in [0.29, 0.717) is 31.6 Å². The number of esters is 4. The first kappa shape index (κ1) is 89.5. The van der Waals surface area contributed by atoms with Gasteiger partial charge in [0.2, 0.25) is 0 Å². The summed E-state index contributed by atoms with van der Waals surface area (Å²) in [5.41, 5.74) is 0. The minimum absolute atomic E-state index is 0.0993. The number of phosphoric acid groups is 2. The average molecular weight is 1350 g/mol. The van der Waals surface area contributed by atoms with E-state index in [1.54, 1.807) is 0 Å². The molecule has 92 heavy (non-hydrogen) atoms. The largest absolute Gasteiger partial charge is 0.472 e. The molecule has 0 amide bonds. The van der Waals surface area contributed by atoms with Gasteiger partial charge in [0.15, 0.2) is 12.2 Å². The Morgan fingerprint density at radius 3 is 0.967 bits per heavy atom. The van der Waals surface area contributed by atoms with Gasteiger partial charge in [-0.05, 0) is 69.1 Å². The van der Waals surface area contributed by atoms with Gasteiger partial charge in [-0.3, -0.25) is 37.3 Å². The highest BCUT2D eigenvalue weighted by Gasteiger charge is 2.30. The van der Waals surface area contributed by atoms with Crippen molar-refractivity contribution in [2.45, 2.75) is 362 Å². The molecule has 0 aliphatic carbocycles. The van der Waals surface area contributed by atoms with E-state index in [1.807, 2.05) is 0 Å². The minimum Gasteiger partial charge on any atom is -0.462 e. The SMILES string of the molecule is CCCCCC/C=C\C=C/CCCCCCCC(=O)OC[C@H](COP(=O)(O)OC[C@@H](O)COP(=O)(O)OC[C@@H](COC(=O)CCCCCCCCC(C)C)OC(=O)CCCCCCCCC(C)CC)OC(=O)CCCCCCCCCCCCCCCCC(C)CC. The molecule has 0 saturated heterocycles. The lowest BCUT2D eigenvalue weighted by atomic mass is 9.99. The summed E-state index contributed by atoms with van der Waals surface area (Å²) in [6, 6.07) is 0. The van der Waals surface area contributed by atoms with Gasteiger partial charge in [0, 0.05) is 25.7 Å². The van der Waals surface area contributed by atoms with Crippen molar-refractivity contribution in [2.75, 3.05) is 39.6 Å². The van der Waals surface area contributed by atoms with Crippen molar-refractivity contribution in [3.05, 3.63) is 24.3 Å². The molecular weight excluding hydrogens is 1210 g/mol. The lowest BCUT2D eigenvalue weighted by molar-refractivity contribution is -0.161. The smallest absolute Gasteiger partial charge is 0.462 e. The van der Waals surface area contributed by atoms with Crippen molar-refractivity contribution >= 4 is 39.5 Å². The third-order valence-electron chi connectivity index (χ3n) is 17.0. The molecule has 4 unspecified atom stereocenters. The molecule has 0 radical (unpaired) electrons. The Kier molecular flexibility index (Phi) is 61.6. The number of hydrogen-bond acceptors (Lipinski definition) is 15. The van der Waals surface area contributed by atoms with Crippen molar-refractivity contribution < 1.29 is 80.2 Å². The summed E-state index contributed by atoms with van der Waals surface area (Å²) in [5, 5.41) is 10.6. The molecule has 0 aliphatic heterocycles. The number of rotatable bonds is 69. The van der Waals surface area contributed by atoms with Crippen LogP contribution < -0.4 is 0 Å². The predicted molar refractivity (Wildman–Crippen MR) is 372 cm³/mol. The van der Waals surface area contributed by atoms with Crippen LogP contribution in [0, 0.1) is 17.8 Å². The average Bonchev–Trinajstić information content (AvgIpc) is 1.63. The summed E-state index contributed by atoms with van der Waals surface area (Å²) >= 11 is 0. The predicted octanol–water partition coefficient (Wildman–Crippen LogP) is 20.6. The van der Waals surface area contributed by atoms with E-state index >= 15 is 0 Å². The Bertz CT molecular complexity index is 1900. The van der Waals surface area contributed by atoms with Crippen LogP contribution >= 0.6 is 15.6 Å². The number of carbonyl (C=O) groups is 4. The van der Waals surface area contributed by atoms with E-state index in [1.165, 1.54) is 128 Å². The Hall–Kier alpha value is -2.46. The first-order valence-electron chi connectivity index (χ1n) is 37.2. The molecule has 0 aromatic rings. The standard InChI is InChI=1S/C73H138O17P2/c1-8-11-12-13-14-15-16-17-18-22-25-28-31-40-47-54-70(75)83-60-68(89-72(77)56-49-42-32-29-26-23-20-19-21-24-27-30-38-45-52-65(6)9-2)62-87-91(79,80)85-58-67(74)59-86-92(81,82)88-63-69(61-84-71(76)55-48-41-35-33-37-44-51-64(4)5)90-73(78)57-50-43-36-34-39-46-53-66(7)10-3/h15-18,64-69,74H,8-14,19-63H2,1-7H3,(H,79,80)(H,81,82)/b16-15-,18-17-/t65?,66?,67-,68-,69-/m1/s1. The summed E-state index contributed by atoms with van der Waals surface area (Å²) in [5.74, 6) is 0.0819. The van der Waals surface area contributed by atoms with E-state index in [2.05, 4.69) is 72.8 Å². The van der Waals surface area contributed by atoms with Gasteiger partial charge in [0.05, 0.1) is 26.4 Å². The van der Waals surface area contributed by atoms with Crippen LogP contribution in [0.4, 0.5) is 0 Å². The lowest BCUT2D eigenvalue weighted by Gasteiger charge is -2.21. The van der Waals surface area contributed by atoms with Gasteiger partial charge >= 0.3 is 39.5 Å². The van der Waals surface area contributed by atoms with Gasteiger partial charge in [0.25, 0.3) is 0 Å². The van der Waals surface area contributed by atoms with Crippen LogP contribution in [0.25, 0.3) is 0 Å². The van der Waals surface area contributed by atoms with Crippen molar-refractivity contribution in [2.24, 2.45) is 17.8 Å². The molecule has 0 rings (SSSR count). The topological polar surface area (TPSA) is 237 Å². The van der Waals surface area contributed by atoms with Gasteiger partial charge < -0.3 is 33.8 Å². The summed E-state index contributed by atoms with van der Waals surface area (Å²) in [6.07, 6.45) is 51.0. The summed E-state index contributed by atoms with van der Waals surface area (Å²) < 4.78 is 68.3. The molecule has 17 nitrogen and oxygen atoms in total. The van der Waals surface area contributed by atoms with Crippen molar-refractivity contribution in [1.29, 1.82) is 0 Å². The van der Waals surface area contributed by atoms with Crippen molar-refractivity contribution in [3.63, 3.8) is 0 Å². The molecule has 0 fully saturated rings. The van der Waals surface area contributed by atoms with E-state index < -0.39 is 97.5 Å². The number of ether oxygens (including phenoxy) is 4. The van der Waals surface area contributed by atoms with Gasteiger partial charge in [0.1, 0.15) is 19.3 Å². The maximum Gasteiger partial charge on any atom is 0.472 e. The molecule has 0 bridgehead atoms. The Morgan fingerprint density at radius 1 is 0.359 bits per heavy atom. The highest BCUT2D eigenvalue weighted by Crippen LogP contribution is 2.45. The Morgan fingerprint density at radius 2 is 0.641 bits per heavy atom. The first-order valence-corrected chi connectivity index (χ1v) is 40.2. The molecular formula is C73H138O17P2. The molecule has 0 heterocycles. The van der Waals surface area contributed by atoms with Crippen molar-refractivity contribution in [3.8, 4) is 0 Å². The third kappa shape index (κ3) is 63.6. The third-order valence-corrected chi connectivity index (χ3v) is 18.9. The highest BCUT2D eigenvalue weighted by atomic mass is 31.2. The second-order valence-corrected chi connectivity index (χ2v) is 29.5. The summed E-state index contributed by atoms with van der Waals surface area (Å²) in [7, 11) is -9.92. The molecule has 19 heteroatoms. The number of unbranched alkanes of at least 4 members (excludes halogenated alkanes) is 32. The second-order valence-electron chi connectivity index (χ2n) is 26.6. The van der Waals surface area contributed by atoms with Gasteiger partial charge in [-0.1, -0.05) is 291 Å². The first-order chi connectivity index (χ1) is 44.3.